The van der Waals surface area contributed by atoms with Crippen molar-refractivity contribution in [3.05, 3.63) is 71.3 Å². The summed E-state index contributed by atoms with van der Waals surface area (Å²) in [7, 11) is 0. The number of carbonyl (C=O) groups is 2. The first-order chi connectivity index (χ1) is 12.6. The van der Waals surface area contributed by atoms with E-state index in [4.69, 9.17) is 0 Å². The first-order valence-corrected chi connectivity index (χ1v) is 9.33. The van der Waals surface area contributed by atoms with Crippen molar-refractivity contribution in [2.45, 2.75) is 38.6 Å². The number of aryl methyl sites for hydroxylation is 1. The zero-order chi connectivity index (χ0) is 18.4. The molecule has 1 heterocycles. The summed E-state index contributed by atoms with van der Waals surface area (Å²) in [5.41, 5.74) is 3.34. The van der Waals surface area contributed by atoms with E-state index in [1.807, 2.05) is 47.4 Å². The highest BCUT2D eigenvalue weighted by molar-refractivity contribution is 5.79. The van der Waals surface area contributed by atoms with E-state index in [9.17, 15) is 9.59 Å². The van der Waals surface area contributed by atoms with Gasteiger partial charge in [0, 0.05) is 25.9 Å². The van der Waals surface area contributed by atoms with Crippen LogP contribution in [0.5, 0.6) is 0 Å². The van der Waals surface area contributed by atoms with Crippen molar-refractivity contribution in [1.82, 2.24) is 10.2 Å². The Morgan fingerprint density at radius 2 is 1.85 bits per heavy atom. The van der Waals surface area contributed by atoms with Crippen LogP contribution in [0.25, 0.3) is 0 Å². The first kappa shape index (κ1) is 18.2. The SMILES string of the molecule is Cc1ccccc1C(NC(=O)CCCN1CCCC1=O)c1ccccc1. The highest BCUT2D eigenvalue weighted by Gasteiger charge is 2.21. The van der Waals surface area contributed by atoms with Gasteiger partial charge in [-0.15, -0.1) is 0 Å². The van der Waals surface area contributed by atoms with E-state index in [1.165, 1.54) is 0 Å². The van der Waals surface area contributed by atoms with Crippen LogP contribution in [-0.4, -0.2) is 29.8 Å². The van der Waals surface area contributed by atoms with Crippen LogP contribution in [0.1, 0.15) is 48.4 Å². The summed E-state index contributed by atoms with van der Waals surface area (Å²) < 4.78 is 0. The number of hydrogen-bond acceptors (Lipinski definition) is 2. The van der Waals surface area contributed by atoms with Crippen LogP contribution in [0.4, 0.5) is 0 Å². The van der Waals surface area contributed by atoms with Gasteiger partial charge < -0.3 is 10.2 Å². The van der Waals surface area contributed by atoms with Crippen LogP contribution in [-0.2, 0) is 9.59 Å². The lowest BCUT2D eigenvalue weighted by atomic mass is 9.95. The molecule has 3 rings (SSSR count). The molecule has 136 valence electrons. The van der Waals surface area contributed by atoms with Gasteiger partial charge in [-0.2, -0.15) is 0 Å². The van der Waals surface area contributed by atoms with Crippen LogP contribution in [0, 0.1) is 6.92 Å². The fraction of sp³-hybridized carbons (Fsp3) is 0.364. The average molecular weight is 350 g/mol. The van der Waals surface area contributed by atoms with Gasteiger partial charge in [0.15, 0.2) is 0 Å². The molecule has 1 aliphatic rings. The highest BCUT2D eigenvalue weighted by Crippen LogP contribution is 2.25. The quantitative estimate of drug-likeness (QED) is 0.829. The molecule has 1 unspecified atom stereocenters. The molecule has 26 heavy (non-hydrogen) atoms. The number of amides is 2. The Bertz CT molecular complexity index is 758. The lowest BCUT2D eigenvalue weighted by Crippen LogP contribution is -2.31. The number of nitrogens with one attached hydrogen (secondary N) is 1. The molecule has 0 bridgehead atoms. The van der Waals surface area contributed by atoms with Gasteiger partial charge in [0.25, 0.3) is 0 Å². The predicted octanol–water partition coefficient (Wildman–Crippen LogP) is 3.60. The lowest BCUT2D eigenvalue weighted by Gasteiger charge is -2.22. The molecule has 4 nitrogen and oxygen atoms in total. The Hall–Kier alpha value is -2.62. The molecular formula is C22H26N2O2. The van der Waals surface area contributed by atoms with Gasteiger partial charge >= 0.3 is 0 Å². The molecule has 2 aromatic rings. The molecule has 1 fully saturated rings. The number of hydrogen-bond donors (Lipinski definition) is 1. The molecule has 1 aliphatic heterocycles. The summed E-state index contributed by atoms with van der Waals surface area (Å²) in [5.74, 6) is 0.237. The van der Waals surface area contributed by atoms with Crippen molar-refractivity contribution in [3.63, 3.8) is 0 Å². The number of benzene rings is 2. The highest BCUT2D eigenvalue weighted by atomic mass is 16.2. The number of rotatable bonds is 7. The monoisotopic (exact) mass is 350 g/mol. The molecule has 2 aromatic carbocycles. The molecule has 0 radical (unpaired) electrons. The Morgan fingerprint density at radius 1 is 1.12 bits per heavy atom. The third kappa shape index (κ3) is 4.51. The fourth-order valence-corrected chi connectivity index (χ4v) is 3.50. The van der Waals surface area contributed by atoms with Gasteiger partial charge in [-0.25, -0.2) is 0 Å². The van der Waals surface area contributed by atoms with Gasteiger partial charge in [0.2, 0.25) is 11.8 Å². The van der Waals surface area contributed by atoms with Gasteiger partial charge in [0.1, 0.15) is 0 Å². The van der Waals surface area contributed by atoms with E-state index in [1.54, 1.807) is 0 Å². The second-order valence-corrected chi connectivity index (χ2v) is 6.86. The standard InChI is InChI=1S/C22H26N2O2/c1-17-9-5-6-12-19(17)22(18-10-3-2-4-11-18)23-20(25)13-7-15-24-16-8-14-21(24)26/h2-6,9-12,22H,7-8,13-16H2,1H3,(H,23,25). The molecule has 1 saturated heterocycles. The Labute approximate surface area is 155 Å². The first-order valence-electron chi connectivity index (χ1n) is 9.33. The summed E-state index contributed by atoms with van der Waals surface area (Å²) in [4.78, 5) is 26.1. The van der Waals surface area contributed by atoms with Crippen LogP contribution in [0.3, 0.4) is 0 Å². The van der Waals surface area contributed by atoms with Crippen LogP contribution < -0.4 is 5.32 Å². The van der Waals surface area contributed by atoms with Gasteiger partial charge in [0.05, 0.1) is 6.04 Å². The topological polar surface area (TPSA) is 49.4 Å². The summed E-state index contributed by atoms with van der Waals surface area (Å²) in [6, 6.07) is 18.0. The van der Waals surface area contributed by atoms with Crippen LogP contribution in [0.15, 0.2) is 54.6 Å². The molecule has 0 spiro atoms. The minimum absolute atomic E-state index is 0.0220. The third-order valence-electron chi connectivity index (χ3n) is 4.94. The number of nitrogens with zero attached hydrogens (tertiary/aromatic N) is 1. The summed E-state index contributed by atoms with van der Waals surface area (Å²) >= 11 is 0. The second-order valence-electron chi connectivity index (χ2n) is 6.86. The summed E-state index contributed by atoms with van der Waals surface area (Å²) in [6.07, 6.45) is 2.72. The van der Waals surface area contributed by atoms with E-state index in [2.05, 4.69) is 24.4 Å². The molecule has 2 amide bonds. The Morgan fingerprint density at radius 3 is 2.54 bits per heavy atom. The van der Waals surface area contributed by atoms with E-state index < -0.39 is 0 Å². The second kappa shape index (κ2) is 8.65. The molecule has 0 saturated carbocycles. The summed E-state index contributed by atoms with van der Waals surface area (Å²) in [5, 5.41) is 3.18. The van der Waals surface area contributed by atoms with Crippen molar-refractivity contribution in [3.8, 4) is 0 Å². The zero-order valence-electron chi connectivity index (χ0n) is 15.3. The predicted molar refractivity (Wildman–Crippen MR) is 103 cm³/mol. The molecule has 1 atom stereocenters. The van der Waals surface area contributed by atoms with Crippen molar-refractivity contribution in [2.24, 2.45) is 0 Å². The molecule has 0 aliphatic carbocycles. The largest absolute Gasteiger partial charge is 0.345 e. The fourth-order valence-electron chi connectivity index (χ4n) is 3.50. The summed E-state index contributed by atoms with van der Waals surface area (Å²) in [6.45, 7) is 3.57. The third-order valence-corrected chi connectivity index (χ3v) is 4.94. The smallest absolute Gasteiger partial charge is 0.222 e. The maximum absolute atomic E-state index is 12.6. The van der Waals surface area contributed by atoms with Crippen molar-refractivity contribution >= 4 is 11.8 Å². The molecule has 1 N–H and O–H groups in total. The van der Waals surface area contributed by atoms with Gasteiger partial charge in [-0.3, -0.25) is 9.59 Å². The Kier molecular flexibility index (Phi) is 6.05. The maximum atomic E-state index is 12.6. The van der Waals surface area contributed by atoms with E-state index in [-0.39, 0.29) is 17.9 Å². The average Bonchev–Trinajstić information content (AvgIpc) is 3.06. The molecule has 4 heteroatoms. The lowest BCUT2D eigenvalue weighted by molar-refractivity contribution is -0.128. The van der Waals surface area contributed by atoms with Gasteiger partial charge in [-0.1, -0.05) is 54.6 Å². The number of likely N-dealkylation sites (tertiary alicyclic amines) is 1. The van der Waals surface area contributed by atoms with Crippen LogP contribution in [0.2, 0.25) is 0 Å². The van der Waals surface area contributed by atoms with Gasteiger partial charge in [-0.05, 0) is 36.5 Å². The van der Waals surface area contributed by atoms with E-state index in [0.29, 0.717) is 25.8 Å². The van der Waals surface area contributed by atoms with Crippen LogP contribution >= 0.6 is 0 Å². The molecule has 0 aromatic heterocycles. The minimum atomic E-state index is -0.154. The normalized spacial score (nSPS) is 15.1. The number of carbonyl (C=O) groups excluding carboxylic acids is 2. The molecular weight excluding hydrogens is 324 g/mol. The maximum Gasteiger partial charge on any atom is 0.222 e. The van der Waals surface area contributed by atoms with E-state index >= 15 is 0 Å². The Balaban J connectivity index is 1.65. The van der Waals surface area contributed by atoms with Crippen molar-refractivity contribution in [2.75, 3.05) is 13.1 Å². The van der Waals surface area contributed by atoms with Crippen molar-refractivity contribution in [1.29, 1.82) is 0 Å². The van der Waals surface area contributed by atoms with Crippen molar-refractivity contribution < 1.29 is 9.59 Å². The minimum Gasteiger partial charge on any atom is -0.345 e. The zero-order valence-corrected chi connectivity index (χ0v) is 15.3. The van der Waals surface area contributed by atoms with E-state index in [0.717, 1.165) is 29.7 Å².